The molecule has 2 aromatic rings. The first-order valence-corrected chi connectivity index (χ1v) is 10.3. The molecule has 2 aromatic carbocycles. The first kappa shape index (κ1) is 23.0. The van der Waals surface area contributed by atoms with Gasteiger partial charge in [0.05, 0.1) is 5.34 Å². The van der Waals surface area contributed by atoms with Gasteiger partial charge in [-0.25, -0.2) is 8.78 Å². The summed E-state index contributed by atoms with van der Waals surface area (Å²) in [7, 11) is 0. The largest absolute Gasteiger partial charge is 0.508 e. The van der Waals surface area contributed by atoms with Crippen molar-refractivity contribution in [3.05, 3.63) is 71.8 Å². The Balaban J connectivity index is 0.000000227. The Morgan fingerprint density at radius 2 is 1.81 bits per heavy atom. The van der Waals surface area contributed by atoms with Gasteiger partial charge < -0.3 is 9.84 Å². The number of allylic oxidation sites excluding steroid dienone is 1. The molecule has 1 aliphatic rings. The van der Waals surface area contributed by atoms with Crippen LogP contribution in [0.4, 0.5) is 8.78 Å². The molecule has 1 N–H and O–H groups in total. The highest BCUT2D eigenvalue weighted by Crippen LogP contribution is 2.29. The Hall–Kier alpha value is -1.05. The van der Waals surface area contributed by atoms with Crippen LogP contribution < -0.4 is 4.74 Å². The third-order valence-electron chi connectivity index (χ3n) is 3.34. The van der Waals surface area contributed by atoms with E-state index in [9.17, 15) is 8.78 Å². The van der Waals surface area contributed by atoms with Crippen molar-refractivity contribution in [3.8, 4) is 11.5 Å². The van der Waals surface area contributed by atoms with E-state index in [1.807, 2.05) is 0 Å². The van der Waals surface area contributed by atoms with Gasteiger partial charge in [0.25, 0.3) is 0 Å². The summed E-state index contributed by atoms with van der Waals surface area (Å²) in [4.78, 5) is 0. The number of hydrogen-bond donors (Lipinski definition) is 1. The number of phenols is 1. The minimum absolute atomic E-state index is 0.117. The summed E-state index contributed by atoms with van der Waals surface area (Å²) >= 11 is 11.8. The van der Waals surface area contributed by atoms with E-state index in [4.69, 9.17) is 33.0 Å². The standard InChI is InChI=1S/C9H8FIO.C9H9FO.CH2Cl2/c10-7-1-2-9-6(3-7)4-8(5-11)12-9;1-2-3-7-6-8(10)4-5-9(7)11;2-1-3/h1-3,8H,4-5H2;2,4-6,11H,1,3H2;1H2. The molecule has 0 amide bonds. The second-order valence-corrected chi connectivity index (χ2v) is 6.91. The summed E-state index contributed by atoms with van der Waals surface area (Å²) in [6.07, 6.45) is 3.19. The molecule has 0 radical (unpaired) electrons. The first-order chi connectivity index (χ1) is 12.4. The van der Waals surface area contributed by atoms with Crippen LogP contribution in [0.25, 0.3) is 0 Å². The summed E-state index contributed by atoms with van der Waals surface area (Å²) in [5.41, 5.74) is 1.57. The van der Waals surface area contributed by atoms with Crippen LogP contribution in [0.2, 0.25) is 0 Å². The summed E-state index contributed by atoms with van der Waals surface area (Å²) in [6.45, 7) is 3.49. The molecule has 0 saturated carbocycles. The number of ether oxygens (including phenoxy) is 1. The van der Waals surface area contributed by atoms with E-state index in [1.54, 1.807) is 18.2 Å². The number of phenolic OH excluding ortho intramolecular Hbond substituents is 1. The van der Waals surface area contributed by atoms with Crippen molar-refractivity contribution in [2.75, 3.05) is 9.77 Å². The predicted molar refractivity (Wildman–Crippen MR) is 112 cm³/mol. The fourth-order valence-electron chi connectivity index (χ4n) is 2.25. The molecule has 7 heteroatoms. The maximum atomic E-state index is 12.7. The lowest BCUT2D eigenvalue weighted by Crippen LogP contribution is -2.13. The second kappa shape index (κ2) is 12.4. The van der Waals surface area contributed by atoms with Crippen molar-refractivity contribution in [1.29, 1.82) is 0 Å². The van der Waals surface area contributed by atoms with Crippen LogP contribution in [-0.2, 0) is 12.8 Å². The molecule has 0 spiro atoms. The van der Waals surface area contributed by atoms with Crippen LogP contribution >= 0.6 is 45.8 Å². The van der Waals surface area contributed by atoms with Gasteiger partial charge in [-0.2, -0.15) is 0 Å². The monoisotopic (exact) mass is 514 g/mol. The van der Waals surface area contributed by atoms with Crippen LogP contribution in [-0.4, -0.2) is 21.0 Å². The molecule has 3 rings (SSSR count). The van der Waals surface area contributed by atoms with Gasteiger partial charge in [0.1, 0.15) is 29.2 Å². The number of halogens is 5. The Morgan fingerprint density at radius 1 is 1.19 bits per heavy atom. The zero-order chi connectivity index (χ0) is 19.5. The van der Waals surface area contributed by atoms with Gasteiger partial charge in [0.15, 0.2) is 0 Å². The summed E-state index contributed by atoms with van der Waals surface area (Å²) < 4.78 is 31.7. The fourth-order valence-corrected chi connectivity index (χ4v) is 2.74. The number of hydrogen-bond acceptors (Lipinski definition) is 2. The number of aromatic hydroxyl groups is 1. The molecular weight excluding hydrogens is 496 g/mol. The van der Waals surface area contributed by atoms with E-state index in [1.165, 1.54) is 24.3 Å². The molecule has 1 heterocycles. The zero-order valence-electron chi connectivity index (χ0n) is 13.9. The number of fused-ring (bicyclic) bond motifs is 1. The van der Waals surface area contributed by atoms with Crippen molar-refractivity contribution >= 4 is 45.8 Å². The van der Waals surface area contributed by atoms with E-state index >= 15 is 0 Å². The third kappa shape index (κ3) is 7.68. The topological polar surface area (TPSA) is 29.5 Å². The summed E-state index contributed by atoms with van der Waals surface area (Å²) in [6, 6.07) is 8.57. The number of benzene rings is 2. The van der Waals surface area contributed by atoms with Gasteiger partial charge >= 0.3 is 0 Å². The molecule has 1 aliphatic heterocycles. The van der Waals surface area contributed by atoms with E-state index < -0.39 is 0 Å². The Bertz CT molecular complexity index is 714. The van der Waals surface area contributed by atoms with Crippen molar-refractivity contribution in [1.82, 2.24) is 0 Å². The van der Waals surface area contributed by atoms with E-state index in [-0.39, 0.29) is 28.8 Å². The van der Waals surface area contributed by atoms with Crippen LogP contribution in [0.1, 0.15) is 11.1 Å². The summed E-state index contributed by atoms with van der Waals surface area (Å²) in [5, 5.41) is 9.35. The molecule has 0 saturated heterocycles. The lowest BCUT2D eigenvalue weighted by Gasteiger charge is -2.04. The summed E-state index contributed by atoms with van der Waals surface area (Å²) in [5.74, 6) is 0.454. The molecule has 142 valence electrons. The molecule has 1 unspecified atom stereocenters. The van der Waals surface area contributed by atoms with Gasteiger partial charge in [-0.15, -0.1) is 29.8 Å². The highest BCUT2D eigenvalue weighted by atomic mass is 127. The zero-order valence-corrected chi connectivity index (χ0v) is 17.6. The molecular formula is C19H19Cl2F2IO2. The highest BCUT2D eigenvalue weighted by molar-refractivity contribution is 14.1. The smallest absolute Gasteiger partial charge is 0.123 e. The number of alkyl halides is 3. The molecule has 0 aliphatic carbocycles. The normalized spacial score (nSPS) is 14.1. The van der Waals surface area contributed by atoms with Gasteiger partial charge in [0.2, 0.25) is 0 Å². The maximum absolute atomic E-state index is 12.7. The fraction of sp³-hybridized carbons (Fsp3) is 0.263. The third-order valence-corrected chi connectivity index (χ3v) is 4.32. The van der Waals surface area contributed by atoms with Gasteiger partial charge in [-0.3, -0.25) is 0 Å². The molecule has 1 atom stereocenters. The highest BCUT2D eigenvalue weighted by Gasteiger charge is 2.21. The SMILES string of the molecule is C=CCc1cc(F)ccc1O.ClCCl.Fc1ccc2c(c1)CC(CI)O2. The Morgan fingerprint density at radius 3 is 2.42 bits per heavy atom. The average molecular weight is 515 g/mol. The lowest BCUT2D eigenvalue weighted by atomic mass is 10.1. The minimum atomic E-state index is -0.334. The van der Waals surface area contributed by atoms with Crippen molar-refractivity contribution in [2.24, 2.45) is 0 Å². The van der Waals surface area contributed by atoms with Crippen LogP contribution in [0.15, 0.2) is 49.1 Å². The van der Waals surface area contributed by atoms with Gasteiger partial charge in [0, 0.05) is 22.0 Å². The van der Waals surface area contributed by atoms with Crippen molar-refractivity contribution in [3.63, 3.8) is 0 Å². The second-order valence-electron chi connectivity index (χ2n) is 5.22. The van der Waals surface area contributed by atoms with Gasteiger partial charge in [-0.05, 0) is 42.8 Å². The predicted octanol–water partition coefficient (Wildman–Crippen LogP) is 6.25. The van der Waals surface area contributed by atoms with E-state index in [0.717, 1.165) is 22.2 Å². The molecule has 2 nitrogen and oxygen atoms in total. The first-order valence-electron chi connectivity index (χ1n) is 7.66. The van der Waals surface area contributed by atoms with E-state index in [0.29, 0.717) is 12.0 Å². The van der Waals surface area contributed by atoms with Crippen molar-refractivity contribution in [2.45, 2.75) is 18.9 Å². The molecule has 0 fully saturated rings. The van der Waals surface area contributed by atoms with Crippen LogP contribution in [0, 0.1) is 11.6 Å². The van der Waals surface area contributed by atoms with Gasteiger partial charge in [-0.1, -0.05) is 28.7 Å². The Kier molecular flexibility index (Phi) is 10.9. The average Bonchev–Trinajstić information content (AvgIpc) is 3.02. The maximum Gasteiger partial charge on any atom is 0.123 e. The number of rotatable bonds is 3. The molecule has 26 heavy (non-hydrogen) atoms. The van der Waals surface area contributed by atoms with Crippen LogP contribution in [0.3, 0.4) is 0 Å². The molecule has 0 aromatic heterocycles. The van der Waals surface area contributed by atoms with Crippen molar-refractivity contribution < 1.29 is 18.6 Å². The lowest BCUT2D eigenvalue weighted by molar-refractivity contribution is 0.262. The minimum Gasteiger partial charge on any atom is -0.508 e. The van der Waals surface area contributed by atoms with Crippen LogP contribution in [0.5, 0.6) is 11.5 Å². The molecule has 0 bridgehead atoms. The Labute approximate surface area is 175 Å². The van der Waals surface area contributed by atoms with E-state index in [2.05, 4.69) is 29.2 Å². The quantitative estimate of drug-likeness (QED) is 0.298.